The third kappa shape index (κ3) is 3.59. The van der Waals surface area contributed by atoms with Crippen LogP contribution < -0.4 is 5.73 Å². The van der Waals surface area contributed by atoms with E-state index in [1.807, 2.05) is 18.4 Å². The van der Waals surface area contributed by atoms with Gasteiger partial charge in [0.25, 0.3) is 0 Å². The fraction of sp³-hybridized carbons (Fsp3) is 0.400. The Morgan fingerprint density at radius 1 is 1.43 bits per heavy atom. The van der Waals surface area contributed by atoms with E-state index in [0.717, 1.165) is 29.1 Å². The zero-order valence-corrected chi connectivity index (χ0v) is 15.3. The highest BCUT2D eigenvalue weighted by Gasteiger charge is 2.34. The Labute approximate surface area is 147 Å². The number of benzene rings is 1. The molecule has 0 radical (unpaired) electrons. The molecule has 0 bridgehead atoms. The minimum atomic E-state index is -3.49. The third-order valence-electron chi connectivity index (χ3n) is 3.90. The van der Waals surface area contributed by atoms with Crippen molar-refractivity contribution < 1.29 is 8.42 Å². The van der Waals surface area contributed by atoms with Crippen molar-refractivity contribution in [1.82, 2.24) is 9.29 Å². The summed E-state index contributed by atoms with van der Waals surface area (Å²) in [5.74, 6) is 0. The van der Waals surface area contributed by atoms with Crippen molar-refractivity contribution in [3.63, 3.8) is 0 Å². The maximum Gasteiger partial charge on any atom is 0.243 e. The van der Waals surface area contributed by atoms with Crippen molar-refractivity contribution in [1.29, 1.82) is 0 Å². The lowest BCUT2D eigenvalue weighted by Gasteiger charge is -2.23. The van der Waals surface area contributed by atoms with E-state index in [1.54, 1.807) is 22.5 Å². The maximum atomic E-state index is 12.8. The minimum Gasteiger partial charge on any atom is -0.329 e. The molecular formula is C15H20ClN3O2S2. The summed E-state index contributed by atoms with van der Waals surface area (Å²) in [7, 11) is -3.49. The Balaban J connectivity index is 0.00000192. The molecule has 1 saturated heterocycles. The molecule has 3 rings (SSSR count). The maximum absolute atomic E-state index is 12.8. The zero-order valence-electron chi connectivity index (χ0n) is 12.8. The zero-order chi connectivity index (χ0) is 15.7. The molecule has 1 aliphatic rings. The minimum absolute atomic E-state index is 0. The van der Waals surface area contributed by atoms with Gasteiger partial charge in [0.2, 0.25) is 10.0 Å². The van der Waals surface area contributed by atoms with Crippen molar-refractivity contribution >= 4 is 33.8 Å². The topological polar surface area (TPSA) is 76.3 Å². The standard InChI is InChI=1S/C15H19N3O2S2.ClH/c1-11-10-21-15(17-11)12-4-2-6-14(8-12)22(19,20)18-7-3-5-13(18)9-16;/h2,4,6,8,10,13H,3,5,7,9,16H2,1H3;1H. The first-order valence-electron chi connectivity index (χ1n) is 7.27. The molecule has 8 heteroatoms. The van der Waals surface area contributed by atoms with E-state index in [-0.39, 0.29) is 18.4 Å². The van der Waals surface area contributed by atoms with Crippen LogP contribution in [0.3, 0.4) is 0 Å². The molecule has 2 heterocycles. The molecule has 5 nitrogen and oxygen atoms in total. The Hall–Kier alpha value is -0.990. The summed E-state index contributed by atoms with van der Waals surface area (Å²) in [5, 5.41) is 2.80. The van der Waals surface area contributed by atoms with Crippen LogP contribution in [0.4, 0.5) is 0 Å². The summed E-state index contributed by atoms with van der Waals surface area (Å²) in [5.41, 5.74) is 7.48. The van der Waals surface area contributed by atoms with Gasteiger partial charge in [-0.2, -0.15) is 4.31 Å². The predicted octanol–water partition coefficient (Wildman–Crippen LogP) is 2.65. The number of rotatable bonds is 4. The number of nitrogens with two attached hydrogens (primary N) is 1. The monoisotopic (exact) mass is 373 g/mol. The number of halogens is 1. The summed E-state index contributed by atoms with van der Waals surface area (Å²) in [6, 6.07) is 6.93. The van der Waals surface area contributed by atoms with Gasteiger partial charge < -0.3 is 5.73 Å². The first-order chi connectivity index (χ1) is 10.5. The van der Waals surface area contributed by atoms with Crippen LogP contribution in [0.2, 0.25) is 0 Å². The first-order valence-corrected chi connectivity index (χ1v) is 9.59. The molecule has 126 valence electrons. The van der Waals surface area contributed by atoms with Crippen LogP contribution in [0.5, 0.6) is 0 Å². The van der Waals surface area contributed by atoms with Gasteiger partial charge in [-0.15, -0.1) is 23.7 Å². The van der Waals surface area contributed by atoms with Crippen LogP contribution in [-0.2, 0) is 10.0 Å². The highest BCUT2D eigenvalue weighted by molar-refractivity contribution is 7.89. The molecule has 0 aliphatic carbocycles. The van der Waals surface area contributed by atoms with Crippen LogP contribution in [0.25, 0.3) is 10.6 Å². The smallest absolute Gasteiger partial charge is 0.243 e. The lowest BCUT2D eigenvalue weighted by atomic mass is 10.2. The predicted molar refractivity (Wildman–Crippen MR) is 95.5 cm³/mol. The molecule has 1 atom stereocenters. The van der Waals surface area contributed by atoms with Gasteiger partial charge in [0.15, 0.2) is 0 Å². The van der Waals surface area contributed by atoms with Crippen molar-refractivity contribution in [3.8, 4) is 10.6 Å². The number of nitrogens with zero attached hydrogens (tertiary/aromatic N) is 2. The van der Waals surface area contributed by atoms with Gasteiger partial charge in [-0.25, -0.2) is 13.4 Å². The number of hydrogen-bond donors (Lipinski definition) is 1. The van der Waals surface area contributed by atoms with E-state index in [0.29, 0.717) is 18.0 Å². The summed E-state index contributed by atoms with van der Waals surface area (Å²) in [6.45, 7) is 2.84. The van der Waals surface area contributed by atoms with Gasteiger partial charge in [0.1, 0.15) is 5.01 Å². The van der Waals surface area contributed by atoms with E-state index >= 15 is 0 Å². The van der Waals surface area contributed by atoms with Crippen molar-refractivity contribution in [3.05, 3.63) is 35.3 Å². The van der Waals surface area contributed by atoms with Gasteiger partial charge >= 0.3 is 0 Å². The Bertz CT molecular complexity index is 777. The third-order valence-corrected chi connectivity index (χ3v) is 6.86. The highest BCUT2D eigenvalue weighted by Crippen LogP contribution is 2.29. The van der Waals surface area contributed by atoms with Crippen LogP contribution in [0, 0.1) is 6.92 Å². The number of hydrogen-bond acceptors (Lipinski definition) is 5. The second kappa shape index (κ2) is 7.27. The van der Waals surface area contributed by atoms with Gasteiger partial charge in [0, 0.05) is 35.8 Å². The quantitative estimate of drug-likeness (QED) is 0.893. The average Bonchev–Trinajstić information content (AvgIpc) is 3.16. The van der Waals surface area contributed by atoms with E-state index in [4.69, 9.17) is 5.73 Å². The fourth-order valence-electron chi connectivity index (χ4n) is 2.77. The lowest BCUT2D eigenvalue weighted by molar-refractivity contribution is 0.393. The van der Waals surface area contributed by atoms with Crippen LogP contribution in [0.15, 0.2) is 34.5 Å². The van der Waals surface area contributed by atoms with Gasteiger partial charge in [0.05, 0.1) is 4.90 Å². The molecule has 2 aromatic rings. The molecule has 23 heavy (non-hydrogen) atoms. The number of thiazole rings is 1. The summed E-state index contributed by atoms with van der Waals surface area (Å²) in [6.07, 6.45) is 1.70. The lowest BCUT2D eigenvalue weighted by Crippen LogP contribution is -2.39. The average molecular weight is 374 g/mol. The van der Waals surface area contributed by atoms with E-state index < -0.39 is 10.0 Å². The Morgan fingerprint density at radius 3 is 2.87 bits per heavy atom. The van der Waals surface area contributed by atoms with E-state index in [2.05, 4.69) is 4.98 Å². The number of aryl methyl sites for hydroxylation is 1. The SMILES string of the molecule is Cc1csc(-c2cccc(S(=O)(=O)N3CCCC3CN)c2)n1.Cl. The molecule has 0 spiro atoms. The highest BCUT2D eigenvalue weighted by atomic mass is 35.5. The fourth-order valence-corrected chi connectivity index (χ4v) is 5.32. The summed E-state index contributed by atoms with van der Waals surface area (Å²) >= 11 is 1.52. The molecule has 1 aromatic heterocycles. The second-order valence-electron chi connectivity index (χ2n) is 5.47. The van der Waals surface area contributed by atoms with Gasteiger partial charge in [-0.1, -0.05) is 12.1 Å². The number of aromatic nitrogens is 1. The molecule has 0 saturated carbocycles. The van der Waals surface area contributed by atoms with Gasteiger partial charge in [-0.05, 0) is 31.9 Å². The van der Waals surface area contributed by atoms with Crippen molar-refractivity contribution in [2.24, 2.45) is 5.73 Å². The van der Waals surface area contributed by atoms with Crippen molar-refractivity contribution in [2.45, 2.75) is 30.7 Å². The van der Waals surface area contributed by atoms with Gasteiger partial charge in [-0.3, -0.25) is 0 Å². The molecule has 2 N–H and O–H groups in total. The normalized spacial score (nSPS) is 18.8. The van der Waals surface area contributed by atoms with Crippen LogP contribution >= 0.6 is 23.7 Å². The first kappa shape index (κ1) is 18.4. The van der Waals surface area contributed by atoms with Crippen molar-refractivity contribution in [2.75, 3.05) is 13.1 Å². The van der Waals surface area contributed by atoms with Crippen LogP contribution in [0.1, 0.15) is 18.5 Å². The van der Waals surface area contributed by atoms with E-state index in [1.165, 1.54) is 11.3 Å². The molecule has 1 aromatic carbocycles. The summed E-state index contributed by atoms with van der Waals surface area (Å²) in [4.78, 5) is 4.74. The largest absolute Gasteiger partial charge is 0.329 e. The Kier molecular flexibility index (Phi) is 5.80. The second-order valence-corrected chi connectivity index (χ2v) is 8.22. The molecule has 1 fully saturated rings. The molecule has 1 aliphatic heterocycles. The van der Waals surface area contributed by atoms with E-state index in [9.17, 15) is 8.42 Å². The molecular weight excluding hydrogens is 354 g/mol. The summed E-state index contributed by atoms with van der Waals surface area (Å²) < 4.78 is 27.2. The molecule has 0 amide bonds. The molecule has 1 unspecified atom stereocenters. The Morgan fingerprint density at radius 2 is 2.22 bits per heavy atom. The number of sulfonamides is 1. The van der Waals surface area contributed by atoms with Crippen LogP contribution in [-0.4, -0.2) is 36.8 Å².